The average molecular weight is 687 g/mol. The van der Waals surface area contributed by atoms with Crippen LogP contribution in [-0.2, 0) is 0 Å². The molecule has 0 saturated heterocycles. The second-order valence-electron chi connectivity index (χ2n) is 14.3. The molecule has 0 aliphatic carbocycles. The monoisotopic (exact) mass is 686 g/mol. The van der Waals surface area contributed by atoms with E-state index in [0.717, 1.165) is 60.2 Å². The van der Waals surface area contributed by atoms with E-state index in [-0.39, 0.29) is 0 Å². The number of para-hydroxylation sites is 2. The van der Waals surface area contributed by atoms with E-state index in [9.17, 15) is 0 Å². The Morgan fingerprint density at radius 1 is 0.278 bits per heavy atom. The maximum absolute atomic E-state index is 6.96. The summed E-state index contributed by atoms with van der Waals surface area (Å²) in [6.45, 7) is 0. The van der Waals surface area contributed by atoms with Gasteiger partial charge in [-0.1, -0.05) is 146 Å². The second kappa shape index (κ2) is 11.2. The van der Waals surface area contributed by atoms with Gasteiger partial charge in [-0.25, -0.2) is 0 Å². The Labute approximate surface area is 310 Å². The highest BCUT2D eigenvalue weighted by Gasteiger charge is 2.24. The van der Waals surface area contributed by atoms with Gasteiger partial charge in [0.25, 0.3) is 0 Å². The fourth-order valence-corrected chi connectivity index (χ4v) is 9.07. The number of fused-ring (bicyclic) bond motifs is 12. The van der Waals surface area contributed by atoms with Gasteiger partial charge in [-0.15, -0.1) is 0 Å². The molecule has 0 unspecified atom stereocenters. The van der Waals surface area contributed by atoms with E-state index in [1.807, 2.05) is 6.07 Å². The molecule has 0 spiro atoms. The number of hydrogen-bond acceptors (Lipinski definition) is 2. The summed E-state index contributed by atoms with van der Waals surface area (Å²) >= 11 is 0. The largest absolute Gasteiger partial charge is 0.456 e. The molecule has 0 atom stereocenters. The first-order valence-corrected chi connectivity index (χ1v) is 18.5. The topological polar surface area (TPSA) is 26.3 Å². The van der Waals surface area contributed by atoms with Crippen LogP contribution in [0.2, 0.25) is 0 Å². The van der Waals surface area contributed by atoms with Crippen molar-refractivity contribution in [3.05, 3.63) is 182 Å². The van der Waals surface area contributed by atoms with Crippen LogP contribution in [0.1, 0.15) is 0 Å². The van der Waals surface area contributed by atoms with E-state index in [1.165, 1.54) is 60.1 Å². The van der Waals surface area contributed by atoms with Crippen molar-refractivity contribution in [1.82, 2.24) is 0 Å². The van der Waals surface area contributed by atoms with Gasteiger partial charge in [0.1, 0.15) is 22.3 Å². The predicted octanol–water partition coefficient (Wildman–Crippen LogP) is 15.1. The molecule has 250 valence electrons. The van der Waals surface area contributed by atoms with E-state index >= 15 is 0 Å². The van der Waals surface area contributed by atoms with Gasteiger partial charge in [0.05, 0.1) is 0 Å². The first kappa shape index (κ1) is 29.4. The van der Waals surface area contributed by atoms with Crippen LogP contribution >= 0.6 is 0 Å². The lowest BCUT2D eigenvalue weighted by atomic mass is 9.84. The van der Waals surface area contributed by atoms with Gasteiger partial charge >= 0.3 is 0 Å². The molecule has 0 saturated carbocycles. The lowest BCUT2D eigenvalue weighted by molar-refractivity contribution is 0.669. The third kappa shape index (κ3) is 4.17. The summed E-state index contributed by atoms with van der Waals surface area (Å²) in [6, 6.07) is 65.6. The molecule has 0 N–H and O–H groups in total. The Hall–Kier alpha value is -7.16. The van der Waals surface area contributed by atoms with E-state index in [2.05, 4.69) is 176 Å². The zero-order valence-electron chi connectivity index (χ0n) is 29.1. The van der Waals surface area contributed by atoms with E-state index in [0.29, 0.717) is 0 Å². The molecular weight excluding hydrogens is 657 g/mol. The van der Waals surface area contributed by atoms with Crippen molar-refractivity contribution in [1.29, 1.82) is 0 Å². The normalized spacial score (nSPS) is 12.1. The summed E-state index contributed by atoms with van der Waals surface area (Å²) in [6.07, 6.45) is 0. The molecule has 2 nitrogen and oxygen atoms in total. The molecule has 12 rings (SSSR count). The standard InChI is InChI=1S/C52H30O2/c1-2-13-32-28-34(25-24-31(32)12-1)33-14-11-15-35(29-33)47-37-16-3-5-18-39(37)49(40-19-6-4-17-38(40)47)43-30-36-26-27-46-50(41-20-7-9-22-44(41)53-46)48(36)51-42-21-8-10-23-45(42)54-52(43)51/h1-30H. The van der Waals surface area contributed by atoms with Gasteiger partial charge in [0, 0.05) is 38.1 Å². The highest BCUT2D eigenvalue weighted by Crippen LogP contribution is 2.50. The van der Waals surface area contributed by atoms with Gasteiger partial charge in [0.2, 0.25) is 0 Å². The Morgan fingerprint density at radius 2 is 0.833 bits per heavy atom. The molecular formula is C52H30O2. The fourth-order valence-electron chi connectivity index (χ4n) is 9.07. The van der Waals surface area contributed by atoms with Crippen LogP contribution < -0.4 is 0 Å². The average Bonchev–Trinajstić information content (AvgIpc) is 3.82. The molecule has 2 aromatic heterocycles. The number of hydrogen-bond donors (Lipinski definition) is 0. The van der Waals surface area contributed by atoms with Crippen molar-refractivity contribution in [2.45, 2.75) is 0 Å². The van der Waals surface area contributed by atoms with Crippen molar-refractivity contribution in [3.63, 3.8) is 0 Å². The molecule has 0 aliphatic heterocycles. The van der Waals surface area contributed by atoms with Crippen LogP contribution in [-0.4, -0.2) is 0 Å². The number of rotatable bonds is 3. The van der Waals surface area contributed by atoms with Crippen LogP contribution in [0, 0.1) is 0 Å². The van der Waals surface area contributed by atoms with Crippen LogP contribution in [0.4, 0.5) is 0 Å². The third-order valence-electron chi connectivity index (χ3n) is 11.4. The lowest BCUT2D eigenvalue weighted by Gasteiger charge is -2.19. The first-order chi connectivity index (χ1) is 26.8. The smallest absolute Gasteiger partial charge is 0.143 e. The van der Waals surface area contributed by atoms with E-state index in [1.54, 1.807) is 0 Å². The molecule has 0 bridgehead atoms. The summed E-state index contributed by atoms with van der Waals surface area (Å²) in [5.41, 5.74) is 10.7. The summed E-state index contributed by atoms with van der Waals surface area (Å²) in [4.78, 5) is 0. The van der Waals surface area contributed by atoms with Crippen molar-refractivity contribution in [3.8, 4) is 33.4 Å². The molecule has 12 aromatic rings. The van der Waals surface area contributed by atoms with Gasteiger partial charge in [-0.3, -0.25) is 0 Å². The SMILES string of the molecule is c1cc(-c2ccc3ccccc3c2)cc(-c2c3ccccc3c(-c3cc4ccc5oc6ccccc6c5c4c4c3oc3ccccc34)c3ccccc23)c1. The second-order valence-corrected chi connectivity index (χ2v) is 14.3. The minimum Gasteiger partial charge on any atom is -0.456 e. The van der Waals surface area contributed by atoms with Crippen molar-refractivity contribution in [2.24, 2.45) is 0 Å². The quantitative estimate of drug-likeness (QED) is 0.173. The van der Waals surface area contributed by atoms with Crippen molar-refractivity contribution >= 4 is 87.0 Å². The molecule has 0 aliphatic rings. The molecule has 54 heavy (non-hydrogen) atoms. The molecule has 10 aromatic carbocycles. The molecule has 2 heteroatoms. The number of furan rings is 2. The Balaban J connectivity index is 1.18. The highest BCUT2D eigenvalue weighted by atomic mass is 16.3. The molecule has 2 heterocycles. The van der Waals surface area contributed by atoms with Gasteiger partial charge in [-0.2, -0.15) is 0 Å². The Morgan fingerprint density at radius 3 is 1.57 bits per heavy atom. The van der Waals surface area contributed by atoms with E-state index < -0.39 is 0 Å². The number of benzene rings is 10. The Bertz CT molecular complexity index is 3450. The lowest BCUT2D eigenvalue weighted by Crippen LogP contribution is -1.92. The van der Waals surface area contributed by atoms with E-state index in [4.69, 9.17) is 8.83 Å². The maximum atomic E-state index is 6.96. The minimum absolute atomic E-state index is 0.877. The van der Waals surface area contributed by atoms with Gasteiger partial charge in [-0.05, 0) is 96.4 Å². The van der Waals surface area contributed by atoms with Crippen LogP contribution in [0.5, 0.6) is 0 Å². The third-order valence-corrected chi connectivity index (χ3v) is 11.4. The fraction of sp³-hybridized carbons (Fsp3) is 0. The summed E-state index contributed by atoms with van der Waals surface area (Å²) in [7, 11) is 0. The molecule has 0 amide bonds. The van der Waals surface area contributed by atoms with Crippen LogP contribution in [0.3, 0.4) is 0 Å². The van der Waals surface area contributed by atoms with Crippen LogP contribution in [0.15, 0.2) is 191 Å². The Kier molecular flexibility index (Phi) is 6.09. The predicted molar refractivity (Wildman–Crippen MR) is 227 cm³/mol. The van der Waals surface area contributed by atoms with Crippen molar-refractivity contribution < 1.29 is 8.83 Å². The zero-order valence-corrected chi connectivity index (χ0v) is 29.1. The minimum atomic E-state index is 0.877. The van der Waals surface area contributed by atoms with Crippen LogP contribution in [0.25, 0.3) is 120 Å². The summed E-state index contributed by atoms with van der Waals surface area (Å²) in [5.74, 6) is 0. The summed E-state index contributed by atoms with van der Waals surface area (Å²) < 4.78 is 13.4. The first-order valence-electron chi connectivity index (χ1n) is 18.5. The van der Waals surface area contributed by atoms with Gasteiger partial charge in [0.15, 0.2) is 0 Å². The van der Waals surface area contributed by atoms with Gasteiger partial charge < -0.3 is 8.83 Å². The van der Waals surface area contributed by atoms with Crippen molar-refractivity contribution in [2.75, 3.05) is 0 Å². The molecule has 0 fully saturated rings. The zero-order chi connectivity index (χ0) is 35.3. The highest BCUT2D eigenvalue weighted by molar-refractivity contribution is 6.34. The summed E-state index contributed by atoms with van der Waals surface area (Å²) in [5, 5.41) is 14.1. The maximum Gasteiger partial charge on any atom is 0.143 e. The molecule has 0 radical (unpaired) electrons.